The topological polar surface area (TPSA) is 63.6 Å². The SMILES string of the molecule is O=[PH2]Oc1ccc(C=CC(=O)O)cc1. The maximum Gasteiger partial charge on any atom is 0.328 e. The van der Waals surface area contributed by atoms with E-state index in [0.29, 0.717) is 5.75 Å². The zero-order chi connectivity index (χ0) is 10.4. The Balaban J connectivity index is 2.73. The van der Waals surface area contributed by atoms with E-state index in [1.165, 1.54) is 6.08 Å². The van der Waals surface area contributed by atoms with Gasteiger partial charge in [0.1, 0.15) is 5.75 Å². The minimum absolute atomic E-state index is 0.516. The molecule has 0 aliphatic rings. The van der Waals surface area contributed by atoms with Crippen molar-refractivity contribution in [3.05, 3.63) is 35.9 Å². The monoisotopic (exact) mass is 212 g/mol. The average Bonchev–Trinajstić information content (AvgIpc) is 2.17. The molecule has 0 amide bonds. The van der Waals surface area contributed by atoms with Crippen LogP contribution in [0.4, 0.5) is 0 Å². The Morgan fingerprint density at radius 1 is 1.36 bits per heavy atom. The predicted octanol–water partition coefficient (Wildman–Crippen LogP) is 1.83. The molecule has 1 N–H and O–H groups in total. The third-order valence-electron chi connectivity index (χ3n) is 1.48. The van der Waals surface area contributed by atoms with Gasteiger partial charge in [-0.2, -0.15) is 0 Å². The van der Waals surface area contributed by atoms with Gasteiger partial charge in [-0.05, 0) is 23.8 Å². The summed E-state index contributed by atoms with van der Waals surface area (Å²) in [7, 11) is -1.26. The summed E-state index contributed by atoms with van der Waals surface area (Å²) in [4.78, 5) is 10.2. The van der Waals surface area contributed by atoms with Gasteiger partial charge in [-0.3, -0.25) is 4.57 Å². The summed E-state index contributed by atoms with van der Waals surface area (Å²) < 4.78 is 14.9. The first-order chi connectivity index (χ1) is 6.72. The second-order valence-electron chi connectivity index (χ2n) is 2.45. The molecule has 0 aliphatic carbocycles. The molecule has 0 spiro atoms. The number of hydrogen-bond acceptors (Lipinski definition) is 3. The van der Waals surface area contributed by atoms with Gasteiger partial charge in [0, 0.05) is 6.08 Å². The summed E-state index contributed by atoms with van der Waals surface area (Å²) in [6.07, 6.45) is 2.52. The maximum atomic E-state index is 10.2. The quantitative estimate of drug-likeness (QED) is 0.610. The van der Waals surface area contributed by atoms with E-state index in [9.17, 15) is 9.36 Å². The van der Waals surface area contributed by atoms with Gasteiger partial charge < -0.3 is 9.63 Å². The maximum absolute atomic E-state index is 10.2. The number of carboxylic acid groups (broad SMARTS) is 1. The van der Waals surface area contributed by atoms with E-state index in [-0.39, 0.29) is 0 Å². The fraction of sp³-hybridized carbons (Fsp3) is 0. The van der Waals surface area contributed by atoms with Gasteiger partial charge in [-0.1, -0.05) is 12.1 Å². The summed E-state index contributed by atoms with van der Waals surface area (Å²) in [5.41, 5.74) is 0.751. The van der Waals surface area contributed by atoms with Crippen LogP contribution in [0.2, 0.25) is 0 Å². The standard InChI is InChI=1S/C9H9O4P/c10-9(11)6-3-7-1-4-8(5-2-7)13-14-12/h1-6H,14H2,(H,10,11). The van der Waals surface area contributed by atoms with Crippen molar-refractivity contribution < 1.29 is 19.0 Å². The van der Waals surface area contributed by atoms with Crippen LogP contribution in [0, 0.1) is 0 Å². The highest BCUT2D eigenvalue weighted by Gasteiger charge is 1.92. The van der Waals surface area contributed by atoms with Crippen molar-refractivity contribution in [3.63, 3.8) is 0 Å². The molecular weight excluding hydrogens is 203 g/mol. The van der Waals surface area contributed by atoms with Crippen LogP contribution in [0.3, 0.4) is 0 Å². The molecule has 0 radical (unpaired) electrons. The molecule has 0 fully saturated rings. The molecule has 0 saturated heterocycles. The highest BCUT2D eigenvalue weighted by Crippen LogP contribution is 2.16. The average molecular weight is 212 g/mol. The van der Waals surface area contributed by atoms with Crippen molar-refractivity contribution in [2.45, 2.75) is 0 Å². The van der Waals surface area contributed by atoms with Crippen LogP contribution in [-0.2, 0) is 9.36 Å². The first-order valence-corrected chi connectivity index (χ1v) is 4.78. The summed E-state index contributed by atoms with van der Waals surface area (Å²) in [5.74, 6) is -0.475. The van der Waals surface area contributed by atoms with Crippen LogP contribution in [-0.4, -0.2) is 11.1 Å². The van der Waals surface area contributed by atoms with Crippen molar-refractivity contribution in [3.8, 4) is 5.75 Å². The first-order valence-electron chi connectivity index (χ1n) is 3.84. The fourth-order valence-electron chi connectivity index (χ4n) is 0.881. The Hall–Kier alpha value is -1.54. The van der Waals surface area contributed by atoms with Crippen molar-refractivity contribution in [2.24, 2.45) is 0 Å². The molecule has 1 rings (SSSR count). The summed E-state index contributed by atoms with van der Waals surface area (Å²) in [6.45, 7) is 0. The van der Waals surface area contributed by atoms with Gasteiger partial charge in [0.2, 0.25) is 8.69 Å². The van der Waals surface area contributed by atoms with Gasteiger partial charge in [0.05, 0.1) is 0 Å². The molecular formula is C9H9O4P. The number of carbonyl (C=O) groups is 1. The Kier molecular flexibility index (Phi) is 3.95. The van der Waals surface area contributed by atoms with Crippen molar-refractivity contribution in [2.75, 3.05) is 0 Å². The predicted molar refractivity (Wildman–Crippen MR) is 54.1 cm³/mol. The molecule has 1 atom stereocenters. The number of rotatable bonds is 4. The summed E-state index contributed by atoms with van der Waals surface area (Å²) in [5, 5.41) is 8.36. The number of aliphatic carboxylic acids is 1. The molecule has 0 bridgehead atoms. The van der Waals surface area contributed by atoms with Crippen LogP contribution in [0.25, 0.3) is 6.08 Å². The lowest BCUT2D eigenvalue weighted by molar-refractivity contribution is -0.131. The van der Waals surface area contributed by atoms with Crippen molar-refractivity contribution in [1.29, 1.82) is 0 Å². The van der Waals surface area contributed by atoms with E-state index in [2.05, 4.69) is 0 Å². The van der Waals surface area contributed by atoms with E-state index in [1.54, 1.807) is 24.3 Å². The van der Waals surface area contributed by atoms with Gasteiger partial charge in [-0.15, -0.1) is 0 Å². The summed E-state index contributed by atoms with van der Waals surface area (Å²) in [6, 6.07) is 6.63. The minimum atomic E-state index is -1.26. The van der Waals surface area contributed by atoms with Crippen molar-refractivity contribution >= 4 is 20.7 Å². The number of benzene rings is 1. The normalized spacial score (nSPS) is 11.1. The van der Waals surface area contributed by atoms with Crippen LogP contribution >= 0.6 is 8.69 Å². The number of carboxylic acids is 1. The molecule has 5 heteroatoms. The van der Waals surface area contributed by atoms with Gasteiger partial charge in [-0.25, -0.2) is 4.79 Å². The summed E-state index contributed by atoms with van der Waals surface area (Å²) >= 11 is 0. The first kappa shape index (κ1) is 10.5. The highest BCUT2D eigenvalue weighted by molar-refractivity contribution is 7.17. The van der Waals surface area contributed by atoms with E-state index >= 15 is 0 Å². The lowest BCUT2D eigenvalue weighted by atomic mass is 10.2. The molecule has 1 unspecified atom stereocenters. The van der Waals surface area contributed by atoms with Crippen LogP contribution in [0.1, 0.15) is 5.56 Å². The largest absolute Gasteiger partial charge is 0.478 e. The molecule has 0 aromatic heterocycles. The smallest absolute Gasteiger partial charge is 0.328 e. The molecule has 14 heavy (non-hydrogen) atoms. The number of hydrogen-bond donors (Lipinski definition) is 1. The van der Waals surface area contributed by atoms with E-state index in [1.807, 2.05) is 0 Å². The van der Waals surface area contributed by atoms with Gasteiger partial charge >= 0.3 is 5.97 Å². The zero-order valence-electron chi connectivity index (χ0n) is 7.21. The Morgan fingerprint density at radius 3 is 2.50 bits per heavy atom. The molecule has 74 valence electrons. The minimum Gasteiger partial charge on any atom is -0.478 e. The van der Waals surface area contributed by atoms with Crippen LogP contribution in [0.5, 0.6) is 5.75 Å². The van der Waals surface area contributed by atoms with Crippen LogP contribution < -0.4 is 4.52 Å². The third-order valence-corrected chi connectivity index (χ3v) is 1.85. The van der Waals surface area contributed by atoms with Crippen molar-refractivity contribution in [1.82, 2.24) is 0 Å². The van der Waals surface area contributed by atoms with Gasteiger partial charge in [0.25, 0.3) is 0 Å². The molecule has 0 aliphatic heterocycles. The fourth-order valence-corrected chi connectivity index (χ4v) is 1.15. The molecule has 0 heterocycles. The zero-order valence-corrected chi connectivity index (χ0v) is 8.37. The van der Waals surface area contributed by atoms with E-state index < -0.39 is 14.7 Å². The highest BCUT2D eigenvalue weighted by atomic mass is 31.1. The van der Waals surface area contributed by atoms with Gasteiger partial charge in [0.15, 0.2) is 0 Å². The second-order valence-corrected chi connectivity index (χ2v) is 2.88. The Labute approximate surface area is 82.1 Å². The second kappa shape index (κ2) is 5.25. The lowest BCUT2D eigenvalue weighted by Crippen LogP contribution is -1.85. The van der Waals surface area contributed by atoms with E-state index in [0.717, 1.165) is 11.6 Å². The third kappa shape index (κ3) is 3.46. The van der Waals surface area contributed by atoms with Crippen LogP contribution in [0.15, 0.2) is 30.3 Å². The molecule has 4 nitrogen and oxygen atoms in total. The molecule has 1 aromatic rings. The van der Waals surface area contributed by atoms with E-state index in [4.69, 9.17) is 9.63 Å². The molecule has 0 saturated carbocycles. The Bertz CT molecular complexity index is 356. The molecule has 1 aromatic carbocycles. The lowest BCUT2D eigenvalue weighted by Gasteiger charge is -1.97. The Morgan fingerprint density at radius 2 is 2.00 bits per heavy atom.